The molecule has 0 spiro atoms. The van der Waals surface area contributed by atoms with E-state index in [4.69, 9.17) is 0 Å². The molecule has 1 aliphatic heterocycles. The lowest BCUT2D eigenvalue weighted by Gasteiger charge is -2.33. The maximum atomic E-state index is 13.0. The van der Waals surface area contributed by atoms with Gasteiger partial charge in [0.15, 0.2) is 0 Å². The summed E-state index contributed by atoms with van der Waals surface area (Å²) in [5, 5.41) is 0. The van der Waals surface area contributed by atoms with Gasteiger partial charge in [0.1, 0.15) is 5.82 Å². The standard InChI is InChI=1S/C22H25FN2O3S/c23-18-7-9-20(10-8-18)29(27,28)24-19-11-13-25(14-12-19)22(26)15-17-6-5-16-3-1-2-4-21(16)17/h1-4,7-10,17,19,24H,5-6,11-15H2. The number of halogens is 1. The number of piperidine rings is 1. The van der Waals surface area contributed by atoms with Gasteiger partial charge in [-0.05, 0) is 67.0 Å². The molecule has 4 rings (SSSR count). The molecule has 0 bridgehead atoms. The predicted molar refractivity (Wildman–Crippen MR) is 108 cm³/mol. The molecule has 0 radical (unpaired) electrons. The smallest absolute Gasteiger partial charge is 0.240 e. The first-order valence-corrected chi connectivity index (χ1v) is 11.5. The Morgan fingerprint density at radius 1 is 1.03 bits per heavy atom. The second kappa shape index (κ2) is 8.24. The normalized spacial score (nSPS) is 19.9. The zero-order valence-electron chi connectivity index (χ0n) is 16.2. The third-order valence-electron chi connectivity index (χ3n) is 5.97. The average Bonchev–Trinajstić information content (AvgIpc) is 3.11. The van der Waals surface area contributed by atoms with Gasteiger partial charge in [0.05, 0.1) is 4.90 Å². The zero-order valence-corrected chi connectivity index (χ0v) is 17.0. The van der Waals surface area contributed by atoms with Crippen LogP contribution in [0.4, 0.5) is 4.39 Å². The van der Waals surface area contributed by atoms with Gasteiger partial charge in [-0.3, -0.25) is 4.79 Å². The highest BCUT2D eigenvalue weighted by Crippen LogP contribution is 2.35. The highest BCUT2D eigenvalue weighted by Gasteiger charge is 2.30. The van der Waals surface area contributed by atoms with Crippen LogP contribution in [0.2, 0.25) is 0 Å². The molecule has 1 saturated heterocycles. The summed E-state index contributed by atoms with van der Waals surface area (Å²) in [4.78, 5) is 14.7. The van der Waals surface area contributed by atoms with Gasteiger partial charge in [-0.25, -0.2) is 17.5 Å². The van der Waals surface area contributed by atoms with Crippen molar-refractivity contribution in [2.75, 3.05) is 13.1 Å². The van der Waals surface area contributed by atoms with Crippen molar-refractivity contribution in [3.05, 3.63) is 65.5 Å². The van der Waals surface area contributed by atoms with Crippen LogP contribution in [-0.2, 0) is 21.2 Å². The largest absolute Gasteiger partial charge is 0.343 e. The van der Waals surface area contributed by atoms with Crippen LogP contribution in [0.25, 0.3) is 0 Å². The first kappa shape index (κ1) is 20.0. The quantitative estimate of drug-likeness (QED) is 0.814. The van der Waals surface area contributed by atoms with E-state index in [1.165, 1.54) is 23.3 Å². The van der Waals surface area contributed by atoms with Crippen LogP contribution in [0.1, 0.15) is 42.7 Å². The second-order valence-corrected chi connectivity index (χ2v) is 9.58. The van der Waals surface area contributed by atoms with Crippen LogP contribution in [0.5, 0.6) is 0 Å². The molecule has 1 unspecified atom stereocenters. The monoisotopic (exact) mass is 416 g/mol. The van der Waals surface area contributed by atoms with E-state index in [0.717, 1.165) is 25.0 Å². The molecule has 1 amide bonds. The molecular weight excluding hydrogens is 391 g/mol. The number of likely N-dealkylation sites (tertiary alicyclic amines) is 1. The van der Waals surface area contributed by atoms with Gasteiger partial charge >= 0.3 is 0 Å². The van der Waals surface area contributed by atoms with Gasteiger partial charge in [-0.15, -0.1) is 0 Å². The number of sulfonamides is 1. The van der Waals surface area contributed by atoms with Gasteiger partial charge in [0.2, 0.25) is 15.9 Å². The molecule has 1 heterocycles. The van der Waals surface area contributed by atoms with Gasteiger partial charge in [0.25, 0.3) is 0 Å². The van der Waals surface area contributed by atoms with E-state index in [-0.39, 0.29) is 22.8 Å². The number of carbonyl (C=O) groups excluding carboxylic acids is 1. The fourth-order valence-corrected chi connectivity index (χ4v) is 5.65. The van der Waals surface area contributed by atoms with E-state index in [9.17, 15) is 17.6 Å². The van der Waals surface area contributed by atoms with Crippen LogP contribution < -0.4 is 4.72 Å². The molecule has 1 fully saturated rings. The van der Waals surface area contributed by atoms with Crippen LogP contribution >= 0.6 is 0 Å². The second-order valence-electron chi connectivity index (χ2n) is 7.87. The van der Waals surface area contributed by atoms with Crippen LogP contribution in [-0.4, -0.2) is 38.4 Å². The summed E-state index contributed by atoms with van der Waals surface area (Å²) >= 11 is 0. The first-order valence-electron chi connectivity index (χ1n) is 10.1. The van der Waals surface area contributed by atoms with Crippen molar-refractivity contribution in [1.29, 1.82) is 0 Å². The first-order chi connectivity index (χ1) is 13.9. The van der Waals surface area contributed by atoms with Crippen molar-refractivity contribution in [1.82, 2.24) is 9.62 Å². The molecule has 7 heteroatoms. The number of hydrogen-bond acceptors (Lipinski definition) is 3. The number of amides is 1. The average molecular weight is 417 g/mol. The summed E-state index contributed by atoms with van der Waals surface area (Å²) in [6.07, 6.45) is 3.71. The zero-order chi connectivity index (χ0) is 20.4. The van der Waals surface area contributed by atoms with E-state index in [2.05, 4.69) is 16.9 Å². The van der Waals surface area contributed by atoms with Crippen molar-refractivity contribution in [3.63, 3.8) is 0 Å². The lowest BCUT2D eigenvalue weighted by atomic mass is 9.96. The van der Waals surface area contributed by atoms with E-state index >= 15 is 0 Å². The van der Waals surface area contributed by atoms with Crippen LogP contribution in [0.3, 0.4) is 0 Å². The Hall–Kier alpha value is -2.25. The molecule has 2 aliphatic rings. The maximum absolute atomic E-state index is 13.0. The molecule has 1 aliphatic carbocycles. The minimum Gasteiger partial charge on any atom is -0.343 e. The van der Waals surface area contributed by atoms with Crippen LogP contribution in [0, 0.1) is 5.82 Å². The number of benzene rings is 2. The van der Waals surface area contributed by atoms with Gasteiger partial charge in [-0.2, -0.15) is 0 Å². The van der Waals surface area contributed by atoms with Gasteiger partial charge in [0, 0.05) is 25.6 Å². The number of nitrogens with zero attached hydrogens (tertiary/aromatic N) is 1. The molecule has 1 N–H and O–H groups in total. The molecule has 154 valence electrons. The fraction of sp³-hybridized carbons (Fsp3) is 0.409. The van der Waals surface area contributed by atoms with Crippen molar-refractivity contribution in [2.24, 2.45) is 0 Å². The predicted octanol–water partition coefficient (Wildman–Crippen LogP) is 3.22. The van der Waals surface area contributed by atoms with Gasteiger partial charge in [-0.1, -0.05) is 24.3 Å². The van der Waals surface area contributed by atoms with Crippen LogP contribution in [0.15, 0.2) is 53.4 Å². The SMILES string of the molecule is O=C(CC1CCc2ccccc21)N1CCC(NS(=O)(=O)c2ccc(F)cc2)CC1. The Morgan fingerprint density at radius 3 is 2.45 bits per heavy atom. The number of aryl methyl sites for hydroxylation is 1. The molecule has 2 aromatic carbocycles. The van der Waals surface area contributed by atoms with E-state index in [1.54, 1.807) is 0 Å². The Bertz CT molecular complexity index is 983. The number of fused-ring (bicyclic) bond motifs is 1. The summed E-state index contributed by atoms with van der Waals surface area (Å²) in [6, 6.07) is 12.9. The number of carbonyl (C=O) groups is 1. The fourth-order valence-electron chi connectivity index (χ4n) is 4.35. The Labute approximate surface area is 171 Å². The van der Waals surface area contributed by atoms with Crippen molar-refractivity contribution in [2.45, 2.75) is 49.0 Å². The molecular formula is C22H25FN2O3S. The van der Waals surface area contributed by atoms with E-state index in [1.807, 2.05) is 17.0 Å². The van der Waals surface area contributed by atoms with E-state index in [0.29, 0.717) is 32.4 Å². The Balaban J connectivity index is 1.30. The molecule has 5 nitrogen and oxygen atoms in total. The highest BCUT2D eigenvalue weighted by atomic mass is 32.2. The lowest BCUT2D eigenvalue weighted by molar-refractivity contribution is -0.132. The van der Waals surface area contributed by atoms with E-state index < -0.39 is 15.8 Å². The number of nitrogens with one attached hydrogen (secondary N) is 1. The molecule has 1 atom stereocenters. The van der Waals surface area contributed by atoms with Crippen molar-refractivity contribution >= 4 is 15.9 Å². The molecule has 29 heavy (non-hydrogen) atoms. The summed E-state index contributed by atoms with van der Waals surface area (Å²) in [7, 11) is -3.69. The number of hydrogen-bond donors (Lipinski definition) is 1. The van der Waals surface area contributed by atoms with Gasteiger partial charge < -0.3 is 4.90 Å². The third kappa shape index (κ3) is 4.51. The van der Waals surface area contributed by atoms with Crippen molar-refractivity contribution in [3.8, 4) is 0 Å². The Kier molecular flexibility index (Phi) is 5.69. The third-order valence-corrected chi connectivity index (χ3v) is 7.51. The Morgan fingerprint density at radius 2 is 1.72 bits per heavy atom. The minimum absolute atomic E-state index is 0.0531. The summed E-state index contributed by atoms with van der Waals surface area (Å²) in [5.41, 5.74) is 2.64. The maximum Gasteiger partial charge on any atom is 0.240 e. The summed E-state index contributed by atoms with van der Waals surface area (Å²) in [5.74, 6) is -0.0411. The molecule has 0 saturated carbocycles. The summed E-state index contributed by atoms with van der Waals surface area (Å²) < 4.78 is 40.6. The number of rotatable bonds is 5. The highest BCUT2D eigenvalue weighted by molar-refractivity contribution is 7.89. The summed E-state index contributed by atoms with van der Waals surface area (Å²) in [6.45, 7) is 1.09. The van der Waals surface area contributed by atoms with Crippen molar-refractivity contribution < 1.29 is 17.6 Å². The lowest BCUT2D eigenvalue weighted by Crippen LogP contribution is -2.46. The topological polar surface area (TPSA) is 66.5 Å². The molecule has 2 aromatic rings. The molecule has 0 aromatic heterocycles. The minimum atomic E-state index is -3.69.